The van der Waals surface area contributed by atoms with Crippen LogP contribution in [0.3, 0.4) is 0 Å². The minimum atomic E-state index is -0.743. The fourth-order valence-corrected chi connectivity index (χ4v) is 2.89. The lowest BCUT2D eigenvalue weighted by Gasteiger charge is -2.31. The summed E-state index contributed by atoms with van der Waals surface area (Å²) in [4.78, 5) is 25.2. The van der Waals surface area contributed by atoms with Crippen molar-refractivity contribution in [2.75, 3.05) is 20.2 Å². The number of piperidine rings is 1. The molecule has 1 fully saturated rings. The van der Waals surface area contributed by atoms with Gasteiger partial charge in [-0.25, -0.2) is 13.6 Å². The van der Waals surface area contributed by atoms with Gasteiger partial charge in [-0.05, 0) is 31.0 Å². The van der Waals surface area contributed by atoms with Crippen LogP contribution in [-0.4, -0.2) is 42.1 Å². The summed E-state index contributed by atoms with van der Waals surface area (Å²) in [7, 11) is 1.25. The maximum Gasteiger partial charge on any atom is 0.376 e. The zero-order chi connectivity index (χ0) is 18.0. The summed E-state index contributed by atoms with van der Waals surface area (Å²) in [5.41, 5.74) is 0.345. The maximum absolute atomic E-state index is 13.7. The summed E-state index contributed by atoms with van der Waals surface area (Å²) >= 11 is 0. The van der Waals surface area contributed by atoms with Gasteiger partial charge in [0.05, 0.1) is 18.4 Å². The van der Waals surface area contributed by atoms with Crippen molar-refractivity contribution in [3.05, 3.63) is 52.9 Å². The predicted molar refractivity (Wildman–Crippen MR) is 82.1 cm³/mol. The van der Waals surface area contributed by atoms with Crippen LogP contribution in [0.2, 0.25) is 0 Å². The zero-order valence-corrected chi connectivity index (χ0v) is 13.5. The Hall–Kier alpha value is -2.77. The fourth-order valence-electron chi connectivity index (χ4n) is 2.89. The number of benzene rings is 1. The van der Waals surface area contributed by atoms with Crippen molar-refractivity contribution in [2.24, 2.45) is 0 Å². The molecule has 8 heteroatoms. The number of esters is 1. The molecule has 1 aromatic heterocycles. The van der Waals surface area contributed by atoms with Crippen molar-refractivity contribution in [3.8, 4) is 0 Å². The van der Waals surface area contributed by atoms with Crippen LogP contribution in [0.1, 0.15) is 45.4 Å². The van der Waals surface area contributed by atoms with Crippen LogP contribution >= 0.6 is 0 Å². The van der Waals surface area contributed by atoms with Gasteiger partial charge in [0.25, 0.3) is 5.91 Å². The van der Waals surface area contributed by atoms with Gasteiger partial charge in [-0.2, -0.15) is 0 Å². The topological polar surface area (TPSA) is 72.6 Å². The van der Waals surface area contributed by atoms with Gasteiger partial charge < -0.3 is 14.2 Å². The third-order valence-electron chi connectivity index (χ3n) is 4.27. The van der Waals surface area contributed by atoms with E-state index in [4.69, 9.17) is 4.52 Å². The second-order valence-electron chi connectivity index (χ2n) is 5.80. The number of likely N-dealkylation sites (tertiary alicyclic amines) is 1. The van der Waals surface area contributed by atoms with Crippen molar-refractivity contribution in [3.63, 3.8) is 0 Å². The monoisotopic (exact) mass is 350 g/mol. The number of hydrogen-bond donors (Lipinski definition) is 0. The van der Waals surface area contributed by atoms with E-state index in [0.717, 1.165) is 18.2 Å². The number of carbonyl (C=O) groups excluding carboxylic acids is 2. The first kappa shape index (κ1) is 17.1. The van der Waals surface area contributed by atoms with Gasteiger partial charge in [0.2, 0.25) is 5.76 Å². The molecular formula is C17H16F2N2O4. The maximum atomic E-state index is 13.7. The van der Waals surface area contributed by atoms with Crippen LogP contribution in [0.5, 0.6) is 0 Å². The van der Waals surface area contributed by atoms with Crippen LogP contribution in [0.4, 0.5) is 8.78 Å². The molecule has 25 heavy (non-hydrogen) atoms. The average Bonchev–Trinajstić information content (AvgIpc) is 3.13. The first-order valence-electron chi connectivity index (χ1n) is 7.79. The number of carbonyl (C=O) groups is 2. The van der Waals surface area contributed by atoms with Crippen molar-refractivity contribution >= 4 is 11.9 Å². The second-order valence-corrected chi connectivity index (χ2v) is 5.80. The summed E-state index contributed by atoms with van der Waals surface area (Å²) in [6, 6.07) is 4.35. The second kappa shape index (κ2) is 7.00. The van der Waals surface area contributed by atoms with Crippen LogP contribution < -0.4 is 0 Å². The minimum Gasteiger partial charge on any atom is -0.463 e. The zero-order valence-electron chi connectivity index (χ0n) is 13.5. The van der Waals surface area contributed by atoms with E-state index in [-0.39, 0.29) is 17.2 Å². The SMILES string of the molecule is COC(=O)c1cc(C2CCN(C(=O)c3cc(F)ccc3F)CC2)no1. The summed E-state index contributed by atoms with van der Waals surface area (Å²) in [5, 5.41) is 3.87. The van der Waals surface area contributed by atoms with Gasteiger partial charge in [-0.1, -0.05) is 5.16 Å². The predicted octanol–water partition coefficient (Wildman–Crippen LogP) is 2.76. The highest BCUT2D eigenvalue weighted by molar-refractivity contribution is 5.94. The highest BCUT2D eigenvalue weighted by atomic mass is 19.1. The Kier molecular flexibility index (Phi) is 4.78. The Balaban J connectivity index is 1.65. The molecule has 0 saturated carbocycles. The molecule has 1 aliphatic rings. The normalized spacial score (nSPS) is 15.2. The van der Waals surface area contributed by atoms with Crippen LogP contribution in [-0.2, 0) is 4.74 Å². The number of nitrogens with zero attached hydrogens (tertiary/aromatic N) is 2. The molecule has 1 amide bonds. The Labute approximate surface area is 142 Å². The van der Waals surface area contributed by atoms with E-state index in [1.807, 2.05) is 0 Å². The van der Waals surface area contributed by atoms with Crippen LogP contribution in [0.15, 0.2) is 28.8 Å². The molecule has 0 bridgehead atoms. The van der Waals surface area contributed by atoms with Crippen LogP contribution in [0.25, 0.3) is 0 Å². The quantitative estimate of drug-likeness (QED) is 0.796. The summed E-state index contributed by atoms with van der Waals surface area (Å²) in [6.45, 7) is 0.750. The largest absolute Gasteiger partial charge is 0.463 e. The van der Waals surface area contributed by atoms with E-state index >= 15 is 0 Å². The first-order chi connectivity index (χ1) is 12.0. The first-order valence-corrected chi connectivity index (χ1v) is 7.79. The highest BCUT2D eigenvalue weighted by Crippen LogP contribution is 2.28. The van der Waals surface area contributed by atoms with Crippen molar-refractivity contribution in [1.82, 2.24) is 10.1 Å². The molecule has 0 N–H and O–H groups in total. The molecule has 1 saturated heterocycles. The van der Waals surface area contributed by atoms with E-state index in [1.54, 1.807) is 0 Å². The van der Waals surface area contributed by atoms with E-state index < -0.39 is 23.5 Å². The van der Waals surface area contributed by atoms with Gasteiger partial charge in [-0.3, -0.25) is 4.79 Å². The molecule has 132 valence electrons. The van der Waals surface area contributed by atoms with Crippen molar-refractivity contribution in [1.29, 1.82) is 0 Å². The van der Waals surface area contributed by atoms with E-state index in [1.165, 1.54) is 18.1 Å². The van der Waals surface area contributed by atoms with E-state index in [2.05, 4.69) is 9.89 Å². The fraction of sp³-hybridized carbons (Fsp3) is 0.353. The highest BCUT2D eigenvalue weighted by Gasteiger charge is 2.28. The van der Waals surface area contributed by atoms with Crippen molar-refractivity contribution in [2.45, 2.75) is 18.8 Å². The summed E-state index contributed by atoms with van der Waals surface area (Å²) in [5.74, 6) is -2.49. The molecule has 0 radical (unpaired) electrons. The molecule has 2 aromatic rings. The third kappa shape index (κ3) is 3.52. The number of ether oxygens (including phenoxy) is 1. The van der Waals surface area contributed by atoms with Gasteiger partial charge in [0, 0.05) is 25.1 Å². The van der Waals surface area contributed by atoms with Gasteiger partial charge in [-0.15, -0.1) is 0 Å². The van der Waals surface area contributed by atoms with E-state index in [0.29, 0.717) is 31.6 Å². The van der Waals surface area contributed by atoms with Crippen LogP contribution in [0, 0.1) is 11.6 Å². The Morgan fingerprint density at radius 1 is 1.24 bits per heavy atom. The number of halogens is 2. The molecule has 3 rings (SSSR count). The number of methoxy groups -OCH3 is 1. The van der Waals surface area contributed by atoms with E-state index in [9.17, 15) is 18.4 Å². The molecule has 0 aliphatic carbocycles. The molecule has 6 nitrogen and oxygen atoms in total. The number of amides is 1. The molecule has 0 unspecified atom stereocenters. The standard InChI is InChI=1S/C17H16F2N2O4/c1-24-17(23)15-9-14(20-25-15)10-4-6-21(7-5-10)16(22)12-8-11(18)2-3-13(12)19/h2-3,8-10H,4-7H2,1H3. The minimum absolute atomic E-state index is 0.0172. The number of rotatable bonds is 3. The summed E-state index contributed by atoms with van der Waals surface area (Å²) in [6.07, 6.45) is 1.16. The smallest absolute Gasteiger partial charge is 0.376 e. The lowest BCUT2D eigenvalue weighted by Crippen LogP contribution is -2.38. The average molecular weight is 350 g/mol. The van der Waals surface area contributed by atoms with Gasteiger partial charge in [0.15, 0.2) is 0 Å². The number of hydrogen-bond acceptors (Lipinski definition) is 5. The Bertz CT molecular complexity index is 798. The van der Waals surface area contributed by atoms with Gasteiger partial charge >= 0.3 is 5.97 Å². The Morgan fingerprint density at radius 2 is 1.96 bits per heavy atom. The molecule has 0 spiro atoms. The molecule has 1 aliphatic heterocycles. The molecule has 1 aromatic carbocycles. The lowest BCUT2D eigenvalue weighted by atomic mass is 9.93. The molecule has 0 atom stereocenters. The molecule has 2 heterocycles. The third-order valence-corrected chi connectivity index (χ3v) is 4.27. The van der Waals surface area contributed by atoms with Gasteiger partial charge in [0.1, 0.15) is 11.6 Å². The lowest BCUT2D eigenvalue weighted by molar-refractivity contribution is 0.0553. The van der Waals surface area contributed by atoms with Crippen molar-refractivity contribution < 1.29 is 27.6 Å². The molecular weight excluding hydrogens is 334 g/mol. The number of aromatic nitrogens is 1. The Morgan fingerprint density at radius 3 is 2.64 bits per heavy atom. The summed E-state index contributed by atoms with van der Waals surface area (Å²) < 4.78 is 36.5.